The number of hydrogen-bond donors (Lipinski definition) is 17. The van der Waals surface area contributed by atoms with Gasteiger partial charge in [0, 0.05) is 130 Å². The minimum atomic E-state index is -1.51. The molecule has 32 heteroatoms. The Bertz CT molecular complexity index is 1960. The number of ether oxygens (including phenoxy) is 7. The van der Waals surface area contributed by atoms with Crippen LogP contribution in [0.1, 0.15) is 112 Å². The smallest absolute Gasteiger partial charge is 0.222 e. The molecule has 0 radical (unpaired) electrons. The van der Waals surface area contributed by atoms with Crippen molar-refractivity contribution >= 4 is 47.3 Å². The van der Waals surface area contributed by atoms with E-state index in [0.29, 0.717) is 19.3 Å². The van der Waals surface area contributed by atoms with E-state index >= 15 is 0 Å². The largest absolute Gasteiger partial charge is 0.396 e. The van der Waals surface area contributed by atoms with Crippen molar-refractivity contribution < 1.29 is 117 Å². The van der Waals surface area contributed by atoms with Crippen molar-refractivity contribution in [3.05, 3.63) is 0 Å². The van der Waals surface area contributed by atoms with Gasteiger partial charge in [-0.15, -0.1) is 0 Å². The van der Waals surface area contributed by atoms with Gasteiger partial charge in [-0.25, -0.2) is 0 Å². The van der Waals surface area contributed by atoms with Crippen molar-refractivity contribution in [1.82, 2.24) is 42.5 Å². The zero-order chi connectivity index (χ0) is 66.8. The molecule has 0 aromatic heterocycles. The van der Waals surface area contributed by atoms with Crippen molar-refractivity contribution in [3.63, 3.8) is 0 Å². The number of nitrogens with one attached hydrogen (secondary N) is 8. The summed E-state index contributed by atoms with van der Waals surface area (Å²) in [5.41, 5.74) is -1.51. The molecular formula is C58H104N8O24. The average molecular weight is 1300 g/mol. The highest BCUT2D eigenvalue weighted by Crippen LogP contribution is 2.30. The van der Waals surface area contributed by atoms with Crippen molar-refractivity contribution in [1.29, 1.82) is 0 Å². The number of rotatable bonds is 44. The van der Waals surface area contributed by atoms with Crippen LogP contribution in [-0.2, 0) is 71.5 Å². The summed E-state index contributed by atoms with van der Waals surface area (Å²) in [6.45, 7) is 5.47. The van der Waals surface area contributed by atoms with Gasteiger partial charge in [-0.1, -0.05) is 0 Å². The Kier molecular flexibility index (Phi) is 38.0. The molecule has 32 nitrogen and oxygen atoms in total. The van der Waals surface area contributed by atoms with Gasteiger partial charge >= 0.3 is 0 Å². The zero-order valence-corrected chi connectivity index (χ0v) is 52.7. The monoisotopic (exact) mass is 1300 g/mol. The van der Waals surface area contributed by atoms with Gasteiger partial charge in [0.05, 0.1) is 100 Å². The SMILES string of the molecule is CC(=O)NC1[C@@H](O)[C@@H](O)C(CO)C[C@H]1OCCCNC(=O)CCOCC(COCCC(=O)NCCCO[C@@H]1CC(CO)[C@H](O)[C@H](O)C1NC(C)=O)(COCCC(=O)NCCCO[C@@H]1CC(CO)[C@H](O)[C@H](O)C1NC(C)=O)NC(=O)CCCC(=O)NCOC(C)C. The highest BCUT2D eigenvalue weighted by atomic mass is 16.5. The molecule has 15 atom stereocenters. The lowest BCUT2D eigenvalue weighted by Gasteiger charge is -2.42. The fourth-order valence-electron chi connectivity index (χ4n) is 10.7. The van der Waals surface area contributed by atoms with Crippen LogP contribution in [0.15, 0.2) is 0 Å². The zero-order valence-electron chi connectivity index (χ0n) is 52.7. The molecular weight excluding hydrogens is 1190 g/mol. The average Bonchev–Trinajstić information content (AvgIpc) is 1.05. The molecule has 0 saturated heterocycles. The van der Waals surface area contributed by atoms with Crippen molar-refractivity contribution in [2.75, 3.05) is 106 Å². The number of hydrogen-bond acceptors (Lipinski definition) is 24. The highest BCUT2D eigenvalue weighted by molar-refractivity contribution is 5.80. The molecule has 17 N–H and O–H groups in total. The van der Waals surface area contributed by atoms with Gasteiger partial charge in [-0.2, -0.15) is 0 Å². The molecule has 0 aromatic carbocycles. The lowest BCUT2D eigenvalue weighted by molar-refractivity contribution is -0.142. The molecule has 0 spiro atoms. The fraction of sp³-hybridized carbons (Fsp3) is 0.862. The van der Waals surface area contributed by atoms with Gasteiger partial charge in [0.15, 0.2) is 0 Å². The molecule has 8 amide bonds. The molecule has 3 aliphatic rings. The van der Waals surface area contributed by atoms with Gasteiger partial charge in [-0.3, -0.25) is 38.4 Å². The van der Waals surface area contributed by atoms with E-state index in [4.69, 9.17) is 33.2 Å². The Labute approximate surface area is 525 Å². The molecule has 0 heterocycles. The third-order valence-corrected chi connectivity index (χ3v) is 15.6. The van der Waals surface area contributed by atoms with Crippen LogP contribution in [0.3, 0.4) is 0 Å². The minimum absolute atomic E-state index is 0.0179. The standard InChI is InChI=1S/C58H104N8O24/c1-34(2)90-33-62-44(73)10-6-11-48(77)66-58(30-84-21-12-45(74)59-15-7-18-87-41-24-38(27-67)52(78)55(81)49(41)63-35(3)70,31-85-22-13-46(75)60-16-8-19-88-42-25-39(28-68)53(79)56(82)50(42)64-36(4)71)32-86-23-14-47(76)61-17-9-20-89-43-26-40(29-69)54(80)57(83)51(43)65-37(5)72/h34,38-43,49-57,67-69,78-83H,6-33H2,1-5H3,(H,59,74)(H,60,75)(H,61,76)(H,62,73)(H,63,70)(H,64,71)(H,65,72)(H,66,77)/t38?,39?,40?,41-,42-,43-,49?,50?,51?,52+,53+,54+,55-,56-,57-,58?/m1/s1. The summed E-state index contributed by atoms with van der Waals surface area (Å²) in [5, 5.41) is 114. The van der Waals surface area contributed by atoms with Crippen molar-refractivity contribution in [2.45, 2.75) is 196 Å². The summed E-state index contributed by atoms with van der Waals surface area (Å²) in [6, 6.07) is -2.79. The first-order chi connectivity index (χ1) is 42.8. The van der Waals surface area contributed by atoms with Gasteiger partial charge in [0.2, 0.25) is 47.3 Å². The van der Waals surface area contributed by atoms with Gasteiger partial charge in [0.25, 0.3) is 0 Å². The van der Waals surface area contributed by atoms with Gasteiger partial charge in [0.1, 0.15) is 30.6 Å². The van der Waals surface area contributed by atoms with E-state index in [1.54, 1.807) is 0 Å². The summed E-state index contributed by atoms with van der Waals surface area (Å²) in [5.74, 6) is -5.50. The third-order valence-electron chi connectivity index (χ3n) is 15.6. The van der Waals surface area contributed by atoms with E-state index in [2.05, 4.69) is 42.5 Å². The normalized spacial score (nSPS) is 27.4. The van der Waals surface area contributed by atoms with Crippen LogP contribution in [0.4, 0.5) is 0 Å². The molecule has 3 fully saturated rings. The number of carbonyl (C=O) groups is 8. The minimum Gasteiger partial charge on any atom is -0.396 e. The summed E-state index contributed by atoms with van der Waals surface area (Å²) in [4.78, 5) is 101. The van der Waals surface area contributed by atoms with Gasteiger partial charge < -0.3 is 122 Å². The van der Waals surface area contributed by atoms with Crippen LogP contribution in [0.25, 0.3) is 0 Å². The Morgan fingerprint density at radius 1 is 0.422 bits per heavy atom. The predicted molar refractivity (Wildman–Crippen MR) is 317 cm³/mol. The Balaban J connectivity index is 1.66. The first-order valence-electron chi connectivity index (χ1n) is 31.1. The third kappa shape index (κ3) is 29.4. The van der Waals surface area contributed by atoms with E-state index in [1.165, 1.54) is 20.8 Å². The van der Waals surface area contributed by atoms with Crippen LogP contribution in [0.5, 0.6) is 0 Å². The maximum Gasteiger partial charge on any atom is 0.222 e. The molecule has 0 aliphatic heterocycles. The molecule has 0 bridgehead atoms. The van der Waals surface area contributed by atoms with Crippen LogP contribution >= 0.6 is 0 Å². The predicted octanol–water partition coefficient (Wildman–Crippen LogP) is -5.88. The Morgan fingerprint density at radius 2 is 0.733 bits per heavy atom. The molecule has 90 heavy (non-hydrogen) atoms. The van der Waals surface area contributed by atoms with Crippen LogP contribution < -0.4 is 42.5 Å². The summed E-state index contributed by atoms with van der Waals surface area (Å²) in [7, 11) is 0. The highest BCUT2D eigenvalue weighted by Gasteiger charge is 2.47. The maximum atomic E-state index is 13.7. The summed E-state index contributed by atoms with van der Waals surface area (Å²) in [6.07, 6.45) is -9.34. The van der Waals surface area contributed by atoms with Crippen molar-refractivity contribution in [3.8, 4) is 0 Å². The lowest BCUT2D eigenvalue weighted by Crippen LogP contribution is -2.61. The second-order valence-corrected chi connectivity index (χ2v) is 23.5. The summed E-state index contributed by atoms with van der Waals surface area (Å²) >= 11 is 0. The number of aliphatic hydroxyl groups is 9. The molecule has 6 unspecified atom stereocenters. The quantitative estimate of drug-likeness (QED) is 0.0200. The van der Waals surface area contributed by atoms with E-state index in [0.717, 1.165) is 0 Å². The first kappa shape index (κ1) is 79.4. The van der Waals surface area contributed by atoms with E-state index in [9.17, 15) is 84.3 Å². The topological polar surface area (TPSA) is 479 Å². The number of carbonyl (C=O) groups excluding carboxylic acids is 8. The second kappa shape index (κ2) is 43.1. The fourth-order valence-corrected chi connectivity index (χ4v) is 10.7. The van der Waals surface area contributed by atoms with Crippen LogP contribution in [0.2, 0.25) is 0 Å². The van der Waals surface area contributed by atoms with E-state index in [-0.39, 0.29) is 156 Å². The van der Waals surface area contributed by atoms with Crippen molar-refractivity contribution in [2.24, 2.45) is 17.8 Å². The van der Waals surface area contributed by atoms with E-state index in [1.807, 2.05) is 13.8 Å². The van der Waals surface area contributed by atoms with Crippen LogP contribution in [0, 0.1) is 17.8 Å². The summed E-state index contributed by atoms with van der Waals surface area (Å²) < 4.78 is 41.2. The van der Waals surface area contributed by atoms with Crippen LogP contribution in [-0.4, -0.2) is 284 Å². The molecule has 3 saturated carbocycles. The van der Waals surface area contributed by atoms with Gasteiger partial charge in [-0.05, 0) is 58.8 Å². The molecule has 0 aromatic rings. The number of aliphatic hydroxyl groups excluding tert-OH is 9. The Morgan fingerprint density at radius 3 is 1.03 bits per heavy atom. The molecule has 520 valence electrons. The molecule has 3 rings (SSSR count). The maximum absolute atomic E-state index is 13.7. The van der Waals surface area contributed by atoms with E-state index < -0.39 is 158 Å². The Hall–Kier alpha value is -4.88. The molecule has 3 aliphatic carbocycles. The lowest BCUT2D eigenvalue weighted by atomic mass is 9.79. The number of amides is 8. The first-order valence-corrected chi connectivity index (χ1v) is 31.1. The second-order valence-electron chi connectivity index (χ2n) is 23.5.